The molecule has 2 aliphatic rings. The second-order valence-electron chi connectivity index (χ2n) is 8.66. The average Bonchev–Trinajstić information content (AvgIpc) is 2.99. The van der Waals surface area contributed by atoms with Crippen molar-refractivity contribution in [2.75, 3.05) is 13.1 Å². The largest absolute Gasteiger partial charge is 0.444 e. The van der Waals surface area contributed by atoms with Crippen LogP contribution in [-0.4, -0.2) is 41.6 Å². The predicted molar refractivity (Wildman–Crippen MR) is 99.4 cm³/mol. The van der Waals surface area contributed by atoms with Gasteiger partial charge in [0.15, 0.2) is 0 Å². The molecule has 25 heavy (non-hydrogen) atoms. The van der Waals surface area contributed by atoms with Crippen molar-refractivity contribution in [1.82, 2.24) is 10.2 Å². The number of ether oxygens (including phenoxy) is 1. The van der Waals surface area contributed by atoms with E-state index in [9.17, 15) is 9.59 Å². The normalized spacial score (nSPS) is 22.0. The first-order chi connectivity index (χ1) is 11.8. The van der Waals surface area contributed by atoms with Crippen molar-refractivity contribution in [2.45, 2.75) is 96.6 Å². The Labute approximate surface area is 152 Å². The molecule has 1 atom stereocenters. The molecule has 0 aromatic rings. The molecule has 0 aromatic heterocycles. The molecule has 1 unspecified atom stereocenters. The fourth-order valence-electron chi connectivity index (χ4n) is 4.10. The van der Waals surface area contributed by atoms with Crippen LogP contribution < -0.4 is 5.32 Å². The number of hydrogen-bond acceptors (Lipinski definition) is 3. The molecule has 1 saturated heterocycles. The highest BCUT2D eigenvalue weighted by Crippen LogP contribution is 2.32. The van der Waals surface area contributed by atoms with Gasteiger partial charge in [-0.25, -0.2) is 4.79 Å². The van der Waals surface area contributed by atoms with Gasteiger partial charge in [-0.1, -0.05) is 32.1 Å². The number of carbonyl (C=O) groups excluding carboxylic acids is 2. The molecule has 144 valence electrons. The van der Waals surface area contributed by atoms with Gasteiger partial charge in [0, 0.05) is 25.6 Å². The monoisotopic (exact) mass is 352 g/mol. The Bertz CT molecular complexity index is 439. The van der Waals surface area contributed by atoms with E-state index in [-0.39, 0.29) is 5.91 Å². The summed E-state index contributed by atoms with van der Waals surface area (Å²) in [6, 6.07) is 0.453. The van der Waals surface area contributed by atoms with E-state index in [0.29, 0.717) is 25.4 Å². The van der Waals surface area contributed by atoms with E-state index in [0.717, 1.165) is 18.9 Å². The van der Waals surface area contributed by atoms with Crippen molar-refractivity contribution in [3.63, 3.8) is 0 Å². The van der Waals surface area contributed by atoms with Crippen LogP contribution in [0.1, 0.15) is 85.0 Å². The first-order valence-corrected chi connectivity index (χ1v) is 10.1. The SMILES string of the molecule is CC(C)(C)OC(=O)NCCCC(=O)N1CCCC1CC1CCCCC1. The van der Waals surface area contributed by atoms with E-state index in [1.54, 1.807) is 0 Å². The van der Waals surface area contributed by atoms with Crippen LogP contribution in [0.15, 0.2) is 0 Å². The highest BCUT2D eigenvalue weighted by molar-refractivity contribution is 5.77. The second-order valence-corrected chi connectivity index (χ2v) is 8.66. The molecule has 0 bridgehead atoms. The molecule has 1 heterocycles. The van der Waals surface area contributed by atoms with Gasteiger partial charge in [0.1, 0.15) is 5.60 Å². The summed E-state index contributed by atoms with van der Waals surface area (Å²) in [5.41, 5.74) is -0.484. The quantitative estimate of drug-likeness (QED) is 0.727. The number of likely N-dealkylation sites (tertiary alicyclic amines) is 1. The van der Waals surface area contributed by atoms with Gasteiger partial charge in [-0.2, -0.15) is 0 Å². The lowest BCUT2D eigenvalue weighted by atomic mass is 9.84. The Kier molecular flexibility index (Phi) is 7.57. The summed E-state index contributed by atoms with van der Waals surface area (Å²) in [5.74, 6) is 1.07. The number of rotatable bonds is 6. The Balaban J connectivity index is 1.66. The van der Waals surface area contributed by atoms with Crippen LogP contribution in [0.4, 0.5) is 4.79 Å². The fourth-order valence-corrected chi connectivity index (χ4v) is 4.10. The molecule has 1 N–H and O–H groups in total. The summed E-state index contributed by atoms with van der Waals surface area (Å²) in [4.78, 5) is 26.3. The zero-order valence-corrected chi connectivity index (χ0v) is 16.3. The first-order valence-electron chi connectivity index (χ1n) is 10.1. The smallest absolute Gasteiger partial charge is 0.407 e. The standard InChI is InChI=1S/C20H36N2O3/c1-20(2,3)25-19(24)21-13-7-12-18(23)22-14-8-11-17(22)15-16-9-5-4-6-10-16/h16-17H,4-15H2,1-3H3,(H,21,24). The van der Waals surface area contributed by atoms with Crippen LogP contribution >= 0.6 is 0 Å². The number of alkyl carbamates (subject to hydrolysis) is 1. The van der Waals surface area contributed by atoms with Gasteiger partial charge in [-0.05, 0) is 52.4 Å². The van der Waals surface area contributed by atoms with Gasteiger partial charge < -0.3 is 15.0 Å². The molecule has 0 spiro atoms. The summed E-state index contributed by atoms with van der Waals surface area (Å²) >= 11 is 0. The van der Waals surface area contributed by atoms with E-state index in [1.807, 2.05) is 20.8 Å². The van der Waals surface area contributed by atoms with Crippen molar-refractivity contribution < 1.29 is 14.3 Å². The van der Waals surface area contributed by atoms with Crippen LogP contribution in [0.25, 0.3) is 0 Å². The second kappa shape index (κ2) is 9.44. The minimum Gasteiger partial charge on any atom is -0.444 e. The number of nitrogens with one attached hydrogen (secondary N) is 1. The Morgan fingerprint density at radius 1 is 1.08 bits per heavy atom. The summed E-state index contributed by atoms with van der Waals surface area (Å²) < 4.78 is 5.20. The van der Waals surface area contributed by atoms with Gasteiger partial charge in [-0.3, -0.25) is 4.79 Å². The number of carbonyl (C=O) groups is 2. The topological polar surface area (TPSA) is 58.6 Å². The predicted octanol–water partition coefficient (Wildman–Crippen LogP) is 4.25. The molecule has 2 fully saturated rings. The van der Waals surface area contributed by atoms with Crippen molar-refractivity contribution >= 4 is 12.0 Å². The fraction of sp³-hybridized carbons (Fsp3) is 0.900. The van der Waals surface area contributed by atoms with Gasteiger partial charge in [-0.15, -0.1) is 0 Å². The molecule has 0 radical (unpaired) electrons. The third kappa shape index (κ3) is 7.25. The molecule has 5 heteroatoms. The Hall–Kier alpha value is -1.26. The van der Waals surface area contributed by atoms with E-state index >= 15 is 0 Å². The lowest BCUT2D eigenvalue weighted by Crippen LogP contribution is -2.37. The van der Waals surface area contributed by atoms with Crippen LogP contribution in [-0.2, 0) is 9.53 Å². The average molecular weight is 353 g/mol. The first kappa shape index (κ1) is 20.1. The van der Waals surface area contributed by atoms with E-state index in [1.165, 1.54) is 44.9 Å². The zero-order chi connectivity index (χ0) is 18.3. The molecule has 2 amide bonds. The molecule has 0 aromatic carbocycles. The minimum atomic E-state index is -0.484. The molecular weight excluding hydrogens is 316 g/mol. The molecule has 2 rings (SSSR count). The lowest BCUT2D eigenvalue weighted by Gasteiger charge is -2.30. The lowest BCUT2D eigenvalue weighted by molar-refractivity contribution is -0.132. The molecule has 1 aliphatic carbocycles. The van der Waals surface area contributed by atoms with Gasteiger partial charge in [0.2, 0.25) is 5.91 Å². The highest BCUT2D eigenvalue weighted by atomic mass is 16.6. The van der Waals surface area contributed by atoms with Gasteiger partial charge >= 0.3 is 6.09 Å². The maximum absolute atomic E-state index is 12.6. The molecular formula is C20H36N2O3. The molecule has 1 aliphatic heterocycles. The summed E-state index contributed by atoms with van der Waals surface area (Å²) in [5, 5.41) is 2.73. The van der Waals surface area contributed by atoms with E-state index in [4.69, 9.17) is 4.74 Å². The van der Waals surface area contributed by atoms with E-state index < -0.39 is 11.7 Å². The Morgan fingerprint density at radius 3 is 2.48 bits per heavy atom. The maximum Gasteiger partial charge on any atom is 0.407 e. The zero-order valence-electron chi connectivity index (χ0n) is 16.3. The molecule has 1 saturated carbocycles. The van der Waals surface area contributed by atoms with Crippen LogP contribution in [0.5, 0.6) is 0 Å². The van der Waals surface area contributed by atoms with Crippen molar-refractivity contribution in [3.8, 4) is 0 Å². The van der Waals surface area contributed by atoms with Crippen LogP contribution in [0.2, 0.25) is 0 Å². The van der Waals surface area contributed by atoms with Gasteiger partial charge in [0.25, 0.3) is 0 Å². The Morgan fingerprint density at radius 2 is 1.80 bits per heavy atom. The van der Waals surface area contributed by atoms with Crippen molar-refractivity contribution in [3.05, 3.63) is 0 Å². The highest BCUT2D eigenvalue weighted by Gasteiger charge is 2.30. The van der Waals surface area contributed by atoms with Crippen molar-refractivity contribution in [1.29, 1.82) is 0 Å². The minimum absolute atomic E-state index is 0.254. The third-order valence-electron chi connectivity index (χ3n) is 5.26. The number of nitrogens with zero attached hydrogens (tertiary/aromatic N) is 1. The van der Waals surface area contributed by atoms with Crippen LogP contribution in [0, 0.1) is 5.92 Å². The molecule has 5 nitrogen and oxygen atoms in total. The van der Waals surface area contributed by atoms with Crippen LogP contribution in [0.3, 0.4) is 0 Å². The third-order valence-corrected chi connectivity index (χ3v) is 5.26. The maximum atomic E-state index is 12.6. The summed E-state index contributed by atoms with van der Waals surface area (Å²) in [6.45, 7) is 6.93. The van der Waals surface area contributed by atoms with Crippen molar-refractivity contribution in [2.24, 2.45) is 5.92 Å². The summed E-state index contributed by atoms with van der Waals surface area (Å²) in [6.07, 6.45) is 11.1. The number of amides is 2. The summed E-state index contributed by atoms with van der Waals surface area (Å²) in [7, 11) is 0. The van der Waals surface area contributed by atoms with E-state index in [2.05, 4.69) is 10.2 Å². The number of hydrogen-bond donors (Lipinski definition) is 1. The van der Waals surface area contributed by atoms with Gasteiger partial charge in [0.05, 0.1) is 0 Å².